The van der Waals surface area contributed by atoms with Crippen LogP contribution in [0.1, 0.15) is 12.5 Å². The standard InChI is InChI=1S/C14H14O2/c1-14(9-15,10-16)13-8-4-6-11-5-2-3-7-12(11)13/h2-9,16H,10H2,1H3. The van der Waals surface area contributed by atoms with Gasteiger partial charge < -0.3 is 9.90 Å². The Kier molecular flexibility index (Phi) is 2.75. The van der Waals surface area contributed by atoms with Crippen LogP contribution in [0, 0.1) is 0 Å². The molecule has 0 spiro atoms. The first-order valence-electron chi connectivity index (χ1n) is 5.27. The maximum Gasteiger partial charge on any atom is 0.132 e. The van der Waals surface area contributed by atoms with Gasteiger partial charge in [-0.25, -0.2) is 0 Å². The molecular weight excluding hydrogens is 200 g/mol. The van der Waals surface area contributed by atoms with Crippen molar-refractivity contribution in [1.29, 1.82) is 0 Å². The lowest BCUT2D eigenvalue weighted by molar-refractivity contribution is -0.113. The monoisotopic (exact) mass is 214 g/mol. The van der Waals surface area contributed by atoms with Gasteiger partial charge in [0.2, 0.25) is 0 Å². The molecule has 82 valence electrons. The van der Waals surface area contributed by atoms with Crippen LogP contribution < -0.4 is 0 Å². The first-order chi connectivity index (χ1) is 7.71. The fraction of sp³-hybridized carbons (Fsp3) is 0.214. The van der Waals surface area contributed by atoms with Crippen molar-refractivity contribution in [3.05, 3.63) is 48.0 Å². The van der Waals surface area contributed by atoms with E-state index in [1.807, 2.05) is 42.5 Å². The van der Waals surface area contributed by atoms with E-state index in [1.54, 1.807) is 6.92 Å². The molecule has 1 unspecified atom stereocenters. The van der Waals surface area contributed by atoms with Crippen molar-refractivity contribution in [3.8, 4) is 0 Å². The summed E-state index contributed by atoms with van der Waals surface area (Å²) in [5.41, 5.74) is 0.0593. The van der Waals surface area contributed by atoms with Crippen LogP contribution in [0.5, 0.6) is 0 Å². The third-order valence-electron chi connectivity index (χ3n) is 2.99. The smallest absolute Gasteiger partial charge is 0.132 e. The van der Waals surface area contributed by atoms with Crippen LogP contribution >= 0.6 is 0 Å². The highest BCUT2D eigenvalue weighted by atomic mass is 16.3. The summed E-state index contributed by atoms with van der Waals surface area (Å²) in [5, 5.41) is 11.5. The molecule has 0 saturated heterocycles. The van der Waals surface area contributed by atoms with Gasteiger partial charge in [-0.1, -0.05) is 42.5 Å². The lowest BCUT2D eigenvalue weighted by Crippen LogP contribution is -2.28. The Morgan fingerprint density at radius 2 is 1.88 bits per heavy atom. The first kappa shape index (κ1) is 10.8. The molecule has 2 heteroatoms. The van der Waals surface area contributed by atoms with Crippen molar-refractivity contribution >= 4 is 17.1 Å². The normalized spacial score (nSPS) is 14.6. The molecule has 2 aromatic rings. The summed E-state index contributed by atoms with van der Waals surface area (Å²) >= 11 is 0. The SMILES string of the molecule is CC(C=O)(CO)c1cccc2ccccc12. The number of carbonyl (C=O) groups excluding carboxylic acids is 1. The number of hydrogen-bond acceptors (Lipinski definition) is 2. The minimum atomic E-state index is -0.819. The van der Waals surface area contributed by atoms with E-state index >= 15 is 0 Å². The molecule has 0 amide bonds. The van der Waals surface area contributed by atoms with E-state index in [0.717, 1.165) is 22.6 Å². The Labute approximate surface area is 94.5 Å². The molecule has 2 rings (SSSR count). The number of fused-ring (bicyclic) bond motifs is 1. The summed E-state index contributed by atoms with van der Waals surface area (Å²) in [6.07, 6.45) is 0.814. The summed E-state index contributed by atoms with van der Waals surface area (Å²) in [5.74, 6) is 0. The van der Waals surface area contributed by atoms with Crippen molar-refractivity contribution in [1.82, 2.24) is 0 Å². The van der Waals surface area contributed by atoms with E-state index in [4.69, 9.17) is 0 Å². The van der Waals surface area contributed by atoms with Gasteiger partial charge in [0, 0.05) is 0 Å². The lowest BCUT2D eigenvalue weighted by atomic mass is 9.82. The average molecular weight is 214 g/mol. The minimum Gasteiger partial charge on any atom is -0.395 e. The van der Waals surface area contributed by atoms with E-state index in [1.165, 1.54) is 0 Å². The number of aliphatic hydroxyl groups is 1. The number of aliphatic hydroxyl groups excluding tert-OH is 1. The van der Waals surface area contributed by atoms with Gasteiger partial charge in [-0.15, -0.1) is 0 Å². The molecule has 0 saturated carbocycles. The average Bonchev–Trinajstić information content (AvgIpc) is 2.37. The molecule has 2 nitrogen and oxygen atoms in total. The maximum atomic E-state index is 11.1. The first-order valence-corrected chi connectivity index (χ1v) is 5.27. The predicted molar refractivity (Wildman–Crippen MR) is 64.4 cm³/mol. The van der Waals surface area contributed by atoms with Crippen LogP contribution in [-0.2, 0) is 10.2 Å². The zero-order valence-electron chi connectivity index (χ0n) is 9.18. The summed E-state index contributed by atoms with van der Waals surface area (Å²) in [6.45, 7) is 1.58. The lowest BCUT2D eigenvalue weighted by Gasteiger charge is -2.22. The Morgan fingerprint density at radius 1 is 1.19 bits per heavy atom. The van der Waals surface area contributed by atoms with E-state index in [-0.39, 0.29) is 6.61 Å². The molecule has 0 radical (unpaired) electrons. The van der Waals surface area contributed by atoms with Crippen LogP contribution in [0.25, 0.3) is 10.8 Å². The highest BCUT2D eigenvalue weighted by Crippen LogP contribution is 2.28. The summed E-state index contributed by atoms with van der Waals surface area (Å²) in [6, 6.07) is 13.7. The van der Waals surface area contributed by atoms with E-state index < -0.39 is 5.41 Å². The molecule has 1 N–H and O–H groups in total. The zero-order chi connectivity index (χ0) is 11.6. The number of aldehydes is 1. The minimum absolute atomic E-state index is 0.176. The van der Waals surface area contributed by atoms with Crippen molar-refractivity contribution in [2.75, 3.05) is 6.61 Å². The molecule has 0 aliphatic heterocycles. The molecule has 0 aliphatic rings. The van der Waals surface area contributed by atoms with Gasteiger partial charge in [0.15, 0.2) is 0 Å². The highest BCUT2D eigenvalue weighted by Gasteiger charge is 2.26. The van der Waals surface area contributed by atoms with Crippen LogP contribution in [0.3, 0.4) is 0 Å². The summed E-state index contributed by atoms with van der Waals surface area (Å²) < 4.78 is 0. The highest BCUT2D eigenvalue weighted by molar-refractivity contribution is 5.90. The molecule has 0 heterocycles. The van der Waals surface area contributed by atoms with Crippen molar-refractivity contribution in [2.24, 2.45) is 0 Å². The zero-order valence-corrected chi connectivity index (χ0v) is 9.18. The van der Waals surface area contributed by atoms with Crippen molar-refractivity contribution < 1.29 is 9.90 Å². The quantitative estimate of drug-likeness (QED) is 0.796. The Hall–Kier alpha value is -1.67. The second-order valence-corrected chi connectivity index (χ2v) is 4.22. The molecule has 1 atom stereocenters. The third kappa shape index (κ3) is 1.61. The van der Waals surface area contributed by atoms with E-state index in [2.05, 4.69) is 0 Å². The Bertz CT molecular complexity index is 514. The molecule has 2 aromatic carbocycles. The Morgan fingerprint density at radius 3 is 2.56 bits per heavy atom. The van der Waals surface area contributed by atoms with Crippen LogP contribution in [0.2, 0.25) is 0 Å². The predicted octanol–water partition coefficient (Wildman–Crippen LogP) is 2.29. The van der Waals surface area contributed by atoms with Crippen LogP contribution in [0.4, 0.5) is 0 Å². The topological polar surface area (TPSA) is 37.3 Å². The summed E-state index contributed by atoms with van der Waals surface area (Å²) in [7, 11) is 0. The van der Waals surface area contributed by atoms with Gasteiger partial charge in [-0.05, 0) is 23.3 Å². The molecule has 16 heavy (non-hydrogen) atoms. The molecular formula is C14H14O2. The molecule has 0 aliphatic carbocycles. The molecule has 0 aromatic heterocycles. The van der Waals surface area contributed by atoms with Gasteiger partial charge in [0.1, 0.15) is 6.29 Å². The third-order valence-corrected chi connectivity index (χ3v) is 2.99. The second kappa shape index (κ2) is 4.06. The van der Waals surface area contributed by atoms with Gasteiger partial charge in [0.05, 0.1) is 12.0 Å². The number of benzene rings is 2. The fourth-order valence-electron chi connectivity index (χ4n) is 1.91. The van der Waals surface area contributed by atoms with Crippen molar-refractivity contribution in [2.45, 2.75) is 12.3 Å². The van der Waals surface area contributed by atoms with Crippen LogP contribution in [0.15, 0.2) is 42.5 Å². The Balaban J connectivity index is 2.73. The van der Waals surface area contributed by atoms with Gasteiger partial charge >= 0.3 is 0 Å². The molecule has 0 fully saturated rings. The van der Waals surface area contributed by atoms with Gasteiger partial charge in [-0.3, -0.25) is 0 Å². The molecule has 0 bridgehead atoms. The van der Waals surface area contributed by atoms with Crippen molar-refractivity contribution in [3.63, 3.8) is 0 Å². The van der Waals surface area contributed by atoms with Gasteiger partial charge in [-0.2, -0.15) is 0 Å². The number of carbonyl (C=O) groups is 1. The number of hydrogen-bond donors (Lipinski definition) is 1. The van der Waals surface area contributed by atoms with Gasteiger partial charge in [0.25, 0.3) is 0 Å². The van der Waals surface area contributed by atoms with E-state index in [0.29, 0.717) is 0 Å². The van der Waals surface area contributed by atoms with Crippen LogP contribution in [-0.4, -0.2) is 18.0 Å². The maximum absolute atomic E-state index is 11.1. The fourth-order valence-corrected chi connectivity index (χ4v) is 1.91. The second-order valence-electron chi connectivity index (χ2n) is 4.22. The number of rotatable bonds is 3. The van der Waals surface area contributed by atoms with E-state index in [9.17, 15) is 9.90 Å². The largest absolute Gasteiger partial charge is 0.395 e. The summed E-state index contributed by atoms with van der Waals surface area (Å²) in [4.78, 5) is 11.1.